The first-order chi connectivity index (χ1) is 34.3. The van der Waals surface area contributed by atoms with Crippen molar-refractivity contribution < 1.29 is 48.3 Å². The minimum Gasteiger partial charge on any atom is -0.504 e. The number of phenolic OH excluding ortho intramolecular Hbond substituents is 2. The van der Waals surface area contributed by atoms with Crippen LogP contribution in [0, 0.1) is 17.3 Å². The Morgan fingerprint density at radius 1 is 0.708 bits per heavy atom. The first-order valence-electron chi connectivity index (χ1n) is 25.1. The van der Waals surface area contributed by atoms with Crippen molar-refractivity contribution in [1.29, 1.82) is 0 Å². The Kier molecular flexibility index (Phi) is 18.8. The SMILES string of the molecule is CCCCc1ccc(-c2ccc(C(=O)N[C@@H](CCN)C(=O)N[C@@H](CCN)C(=O)N[C@@H](N)C(=O)N[C@@H](CCCCNC(=O)c3cccc(O)c3O)C(=O)N[C@@H](N)B3OC4C[C@@H]5C[C@@H](C5(C)C)[C@]4(C)O3)cc2)cc1. The van der Waals surface area contributed by atoms with Gasteiger partial charge in [-0.1, -0.05) is 69.7 Å². The second-order valence-electron chi connectivity index (χ2n) is 20.0. The van der Waals surface area contributed by atoms with Gasteiger partial charge in [-0.2, -0.15) is 0 Å². The zero-order chi connectivity index (χ0) is 52.3. The fraction of sp³-hybridized carbons (Fsp3) is 0.529. The molecule has 2 bridgehead atoms. The van der Waals surface area contributed by atoms with Gasteiger partial charge in [-0.05, 0) is 136 Å². The van der Waals surface area contributed by atoms with Gasteiger partial charge in [0.05, 0.1) is 17.3 Å². The van der Waals surface area contributed by atoms with E-state index in [9.17, 15) is 39.0 Å². The first-order valence-corrected chi connectivity index (χ1v) is 25.1. The summed E-state index contributed by atoms with van der Waals surface area (Å²) in [6.45, 7) is 8.70. The van der Waals surface area contributed by atoms with Gasteiger partial charge in [-0.15, -0.1) is 0 Å². The van der Waals surface area contributed by atoms with Crippen molar-refractivity contribution in [3.63, 3.8) is 0 Å². The first kappa shape index (κ1) is 55.2. The molecule has 21 heteroatoms. The molecule has 1 aliphatic heterocycles. The summed E-state index contributed by atoms with van der Waals surface area (Å²) in [6.07, 6.45) is 3.72. The van der Waals surface area contributed by atoms with Gasteiger partial charge in [0, 0.05) is 12.1 Å². The van der Waals surface area contributed by atoms with Crippen molar-refractivity contribution in [3.05, 3.63) is 83.4 Å². The highest BCUT2D eigenvalue weighted by molar-refractivity contribution is 6.47. The molecule has 390 valence electrons. The van der Waals surface area contributed by atoms with Gasteiger partial charge < -0.3 is 74.4 Å². The van der Waals surface area contributed by atoms with Crippen LogP contribution in [-0.4, -0.2) is 114 Å². The van der Waals surface area contributed by atoms with E-state index in [0.29, 0.717) is 17.9 Å². The number of para-hydroxylation sites is 1. The molecule has 3 saturated carbocycles. The number of aryl methyl sites for hydroxylation is 1. The molecule has 1 unspecified atom stereocenters. The van der Waals surface area contributed by atoms with E-state index in [2.05, 4.69) is 64.8 Å². The van der Waals surface area contributed by atoms with E-state index in [0.717, 1.165) is 43.2 Å². The monoisotopic (exact) mass is 997 g/mol. The molecule has 0 aromatic heterocycles. The van der Waals surface area contributed by atoms with Crippen molar-refractivity contribution in [2.75, 3.05) is 19.6 Å². The van der Waals surface area contributed by atoms with Crippen LogP contribution in [-0.2, 0) is 34.9 Å². The number of benzene rings is 3. The molecule has 3 aromatic carbocycles. The molecule has 1 heterocycles. The molecule has 72 heavy (non-hydrogen) atoms. The molecule has 3 aromatic rings. The van der Waals surface area contributed by atoms with Crippen LogP contribution in [0.2, 0.25) is 0 Å². The summed E-state index contributed by atoms with van der Waals surface area (Å²) in [5, 5.41) is 35.6. The second-order valence-corrected chi connectivity index (χ2v) is 20.0. The van der Waals surface area contributed by atoms with Crippen molar-refractivity contribution in [1.82, 2.24) is 31.9 Å². The van der Waals surface area contributed by atoms with Crippen LogP contribution < -0.4 is 54.8 Å². The summed E-state index contributed by atoms with van der Waals surface area (Å²) in [4.78, 5) is 80.9. The Morgan fingerprint density at radius 2 is 1.31 bits per heavy atom. The summed E-state index contributed by atoms with van der Waals surface area (Å²) in [5.74, 6) is -4.65. The molecule has 0 radical (unpaired) electrons. The molecule has 16 N–H and O–H groups in total. The molecule has 9 atom stereocenters. The zero-order valence-corrected chi connectivity index (χ0v) is 41.7. The molecule has 7 rings (SSSR count). The number of carbonyl (C=O) groups excluding carboxylic acids is 6. The minimum atomic E-state index is -1.71. The molecule has 6 amide bonds. The molecular formula is C51H73BN10O10. The van der Waals surface area contributed by atoms with E-state index in [1.54, 1.807) is 12.1 Å². The van der Waals surface area contributed by atoms with E-state index in [1.165, 1.54) is 23.8 Å². The lowest BCUT2D eigenvalue weighted by atomic mass is 9.43. The Balaban J connectivity index is 1.05. The number of hydrogen-bond acceptors (Lipinski definition) is 14. The number of rotatable bonds is 25. The average Bonchev–Trinajstić information content (AvgIpc) is 3.73. The third-order valence-corrected chi connectivity index (χ3v) is 14.7. The highest BCUT2D eigenvalue weighted by Crippen LogP contribution is 2.65. The molecular weight excluding hydrogens is 923 g/mol. The number of nitrogens with one attached hydrogen (secondary N) is 6. The number of phenols is 2. The van der Waals surface area contributed by atoms with Gasteiger partial charge in [0.25, 0.3) is 17.7 Å². The predicted molar refractivity (Wildman–Crippen MR) is 271 cm³/mol. The Bertz CT molecular complexity index is 2390. The largest absolute Gasteiger partial charge is 0.504 e. The number of amides is 6. The lowest BCUT2D eigenvalue weighted by Crippen LogP contribution is -2.65. The minimum absolute atomic E-state index is 0.0279. The fourth-order valence-electron chi connectivity index (χ4n) is 10.2. The summed E-state index contributed by atoms with van der Waals surface area (Å²) < 4.78 is 12.7. The molecule has 4 fully saturated rings. The van der Waals surface area contributed by atoms with Crippen LogP contribution in [0.1, 0.15) is 112 Å². The van der Waals surface area contributed by atoms with E-state index in [1.807, 2.05) is 31.2 Å². The van der Waals surface area contributed by atoms with Crippen molar-refractivity contribution in [2.24, 2.45) is 40.2 Å². The second kappa shape index (κ2) is 24.6. The molecule has 1 saturated heterocycles. The van der Waals surface area contributed by atoms with Gasteiger partial charge in [0.2, 0.25) is 17.7 Å². The van der Waals surface area contributed by atoms with Crippen molar-refractivity contribution >= 4 is 42.6 Å². The molecule has 0 spiro atoms. The summed E-state index contributed by atoms with van der Waals surface area (Å²) >= 11 is 0. The average molecular weight is 997 g/mol. The summed E-state index contributed by atoms with van der Waals surface area (Å²) in [7, 11) is -0.969. The highest BCUT2D eigenvalue weighted by Gasteiger charge is 2.68. The maximum absolute atomic E-state index is 13.9. The maximum atomic E-state index is 13.9. The fourth-order valence-corrected chi connectivity index (χ4v) is 10.2. The smallest absolute Gasteiger partial charge is 0.497 e. The van der Waals surface area contributed by atoms with Crippen LogP contribution in [0.15, 0.2) is 66.7 Å². The molecule has 4 aliphatic rings. The summed E-state index contributed by atoms with van der Waals surface area (Å²) in [5.41, 5.74) is 27.2. The standard InChI is InChI=1S/C51H73BN10O10/c1-5-6-10-29-14-16-30(17-15-29)31-18-20-32(21-19-31)43(65)58-36(22-24-53)45(67)59-37(23-25-54)46(68)61-42(55)48(70)60-35(12-7-8-26-57-44(66)34-11-9-13-38(63)41(34)64)47(69)62-49(56)52-71-40-28-33-27-39(50(33,2)3)51(40,4)72-52/h9,11,13-21,33,35-37,39-40,42,49,63-64H,5-8,10,12,22-28,53-56H2,1-4H3,(H,57,66)(H,58,65)(H,59,67)(H,60,70)(H,61,68)(H,62,69)/t33-,35-,36-,37-,39-,40?,42+,49+,51-/m0/s1. The van der Waals surface area contributed by atoms with E-state index >= 15 is 0 Å². The van der Waals surface area contributed by atoms with Crippen LogP contribution in [0.5, 0.6) is 11.5 Å². The molecule has 3 aliphatic carbocycles. The Hall–Kier alpha value is -6.10. The van der Waals surface area contributed by atoms with Crippen LogP contribution >= 0.6 is 0 Å². The molecule has 20 nitrogen and oxygen atoms in total. The predicted octanol–water partition coefficient (Wildman–Crippen LogP) is 1.54. The number of unbranched alkanes of at least 4 members (excludes halogenated alkanes) is 2. The van der Waals surface area contributed by atoms with E-state index in [-0.39, 0.29) is 68.3 Å². The Morgan fingerprint density at radius 3 is 1.94 bits per heavy atom. The number of aromatic hydroxyl groups is 2. The quantitative estimate of drug-likeness (QED) is 0.0248. The van der Waals surface area contributed by atoms with E-state index in [4.69, 9.17) is 32.2 Å². The van der Waals surface area contributed by atoms with Gasteiger partial charge in [-0.25, -0.2) is 0 Å². The normalized spacial score (nSPS) is 21.6. The third-order valence-electron chi connectivity index (χ3n) is 14.7. The van der Waals surface area contributed by atoms with Gasteiger partial charge in [0.1, 0.15) is 24.2 Å². The number of carbonyl (C=O) groups is 6. The van der Waals surface area contributed by atoms with Crippen LogP contribution in [0.25, 0.3) is 11.1 Å². The third kappa shape index (κ3) is 13.1. The van der Waals surface area contributed by atoms with Crippen molar-refractivity contribution in [3.8, 4) is 22.6 Å². The highest BCUT2D eigenvalue weighted by atomic mass is 16.7. The van der Waals surface area contributed by atoms with Gasteiger partial charge in [-0.3, -0.25) is 28.8 Å². The van der Waals surface area contributed by atoms with Gasteiger partial charge in [0.15, 0.2) is 17.7 Å². The zero-order valence-electron chi connectivity index (χ0n) is 41.7. The van der Waals surface area contributed by atoms with Gasteiger partial charge >= 0.3 is 7.12 Å². The van der Waals surface area contributed by atoms with Crippen molar-refractivity contribution in [2.45, 2.75) is 134 Å². The van der Waals surface area contributed by atoms with Crippen LogP contribution in [0.3, 0.4) is 0 Å². The van der Waals surface area contributed by atoms with Crippen LogP contribution in [0.4, 0.5) is 0 Å². The van der Waals surface area contributed by atoms with E-state index < -0.39 is 90.0 Å². The lowest BCUT2D eigenvalue weighted by molar-refractivity contribution is -0.199. The topological polar surface area (TPSA) is 338 Å². The lowest BCUT2D eigenvalue weighted by Gasteiger charge is -2.64. The summed E-state index contributed by atoms with van der Waals surface area (Å²) in [6, 6.07) is 14.5. The Labute approximate surface area is 421 Å². The maximum Gasteiger partial charge on any atom is 0.497 e. The number of nitrogens with two attached hydrogens (primary N) is 4. The number of hydrogen-bond donors (Lipinski definition) is 12.